The molecule has 3 aliphatic rings. The van der Waals surface area contributed by atoms with Crippen LogP contribution in [0.5, 0.6) is 6.01 Å². The number of hydrogen-bond acceptors (Lipinski definition) is 8. The Hall–Kier alpha value is -3.53. The van der Waals surface area contributed by atoms with E-state index in [9.17, 15) is 14.4 Å². The normalized spacial score (nSPS) is 22.7. The van der Waals surface area contributed by atoms with Crippen LogP contribution in [0, 0.1) is 0 Å². The molecule has 1 aromatic heterocycles. The Morgan fingerprint density at radius 2 is 2.09 bits per heavy atom. The summed E-state index contributed by atoms with van der Waals surface area (Å²) in [7, 11) is 0. The van der Waals surface area contributed by atoms with Crippen molar-refractivity contribution in [2.45, 2.75) is 50.9 Å². The van der Waals surface area contributed by atoms with E-state index in [1.54, 1.807) is 23.2 Å². The van der Waals surface area contributed by atoms with E-state index in [2.05, 4.69) is 25.9 Å². The molecule has 0 aliphatic carbocycles. The third kappa shape index (κ3) is 4.51. The lowest BCUT2D eigenvalue weighted by Gasteiger charge is -2.29. The van der Waals surface area contributed by atoms with Crippen molar-refractivity contribution in [1.82, 2.24) is 25.5 Å². The van der Waals surface area contributed by atoms with Crippen molar-refractivity contribution < 1.29 is 19.1 Å². The molecular weight excluding hydrogens is 424 g/mol. The van der Waals surface area contributed by atoms with Crippen molar-refractivity contribution in [1.29, 1.82) is 0 Å². The van der Waals surface area contributed by atoms with Gasteiger partial charge in [-0.05, 0) is 49.1 Å². The number of hydrogen-bond donors (Lipinski definition) is 3. The summed E-state index contributed by atoms with van der Waals surface area (Å²) in [4.78, 5) is 47.0. The second kappa shape index (κ2) is 9.14. The van der Waals surface area contributed by atoms with Crippen molar-refractivity contribution >= 4 is 23.5 Å². The van der Waals surface area contributed by atoms with Gasteiger partial charge < -0.3 is 20.3 Å². The fourth-order valence-electron chi connectivity index (χ4n) is 4.57. The number of ether oxygens (including phenoxy) is 1. The molecule has 0 spiro atoms. The minimum Gasteiger partial charge on any atom is -0.459 e. The quantitative estimate of drug-likeness (QED) is 0.556. The summed E-state index contributed by atoms with van der Waals surface area (Å²) in [5.74, 6) is -0.250. The van der Waals surface area contributed by atoms with Gasteiger partial charge in [0, 0.05) is 37.8 Å². The van der Waals surface area contributed by atoms with Gasteiger partial charge in [0.1, 0.15) is 18.0 Å². The molecule has 1 aromatic carbocycles. The molecule has 4 heterocycles. The molecule has 2 atom stereocenters. The molecule has 10 heteroatoms. The van der Waals surface area contributed by atoms with Crippen LogP contribution in [-0.4, -0.2) is 57.8 Å². The number of rotatable bonds is 6. The van der Waals surface area contributed by atoms with Gasteiger partial charge in [-0.1, -0.05) is 12.1 Å². The van der Waals surface area contributed by atoms with Crippen molar-refractivity contribution in [3.8, 4) is 6.01 Å². The highest BCUT2D eigenvalue weighted by Gasteiger charge is 2.39. The number of imide groups is 1. The first-order valence-corrected chi connectivity index (χ1v) is 11.3. The molecule has 2 unspecified atom stereocenters. The molecule has 2 fully saturated rings. The van der Waals surface area contributed by atoms with E-state index in [1.807, 2.05) is 12.1 Å². The predicted molar refractivity (Wildman–Crippen MR) is 118 cm³/mol. The topological polar surface area (TPSA) is 126 Å². The first kappa shape index (κ1) is 21.3. The Bertz CT molecular complexity index is 1080. The monoisotopic (exact) mass is 450 g/mol. The molecule has 172 valence electrons. The van der Waals surface area contributed by atoms with Gasteiger partial charge in [0.05, 0.1) is 0 Å². The van der Waals surface area contributed by atoms with Crippen molar-refractivity contribution in [3.63, 3.8) is 0 Å². The lowest BCUT2D eigenvalue weighted by Crippen LogP contribution is -2.52. The molecule has 0 saturated carbocycles. The number of amides is 3. The second-order valence-corrected chi connectivity index (χ2v) is 8.51. The lowest BCUT2D eigenvalue weighted by molar-refractivity contribution is -0.136. The molecule has 3 amide bonds. The van der Waals surface area contributed by atoms with Crippen LogP contribution in [-0.2, 0) is 22.7 Å². The third-order valence-electron chi connectivity index (χ3n) is 6.30. The largest absolute Gasteiger partial charge is 0.459 e. The summed E-state index contributed by atoms with van der Waals surface area (Å²) in [6, 6.07) is 7.06. The highest BCUT2D eigenvalue weighted by atomic mass is 16.5. The molecule has 0 radical (unpaired) electrons. The van der Waals surface area contributed by atoms with Gasteiger partial charge in [-0.25, -0.2) is 4.98 Å². The van der Waals surface area contributed by atoms with Gasteiger partial charge in [0.2, 0.25) is 11.8 Å². The Labute approximate surface area is 191 Å². The smallest absolute Gasteiger partial charge is 0.318 e. The average Bonchev–Trinajstić information content (AvgIpc) is 3.15. The lowest BCUT2D eigenvalue weighted by atomic mass is 10.0. The fourth-order valence-corrected chi connectivity index (χ4v) is 4.57. The zero-order valence-corrected chi connectivity index (χ0v) is 18.2. The van der Waals surface area contributed by atoms with E-state index in [1.165, 1.54) is 0 Å². The number of benzene rings is 1. The maximum absolute atomic E-state index is 13.0. The molecule has 5 rings (SSSR count). The molecular formula is C23H26N6O4. The van der Waals surface area contributed by atoms with Crippen LogP contribution in [0.15, 0.2) is 30.5 Å². The fraction of sp³-hybridized carbons (Fsp3) is 0.435. The minimum atomic E-state index is -0.626. The van der Waals surface area contributed by atoms with E-state index in [-0.39, 0.29) is 24.3 Å². The number of piperidine rings is 2. The summed E-state index contributed by atoms with van der Waals surface area (Å²) in [5.41, 5.74) is 2.43. The summed E-state index contributed by atoms with van der Waals surface area (Å²) < 4.78 is 5.90. The van der Waals surface area contributed by atoms with Crippen LogP contribution in [0.2, 0.25) is 0 Å². The van der Waals surface area contributed by atoms with Crippen LogP contribution in [0.25, 0.3) is 0 Å². The molecule has 3 N–H and O–H groups in total. The number of nitrogens with one attached hydrogen (secondary N) is 3. The molecule has 0 bridgehead atoms. The van der Waals surface area contributed by atoms with Crippen LogP contribution in [0.4, 0.5) is 5.82 Å². The standard InChI is InChI=1S/C23H26N6O4/c30-20-7-6-18(21(31)28-20)29-13-17-14(3-1-5-16(17)22(29)32)11-26-19-8-10-25-23(27-19)33-15-4-2-9-24-12-15/h1,3,5,8,10,15,18,24H,2,4,6-7,9,11-13H2,(H,25,26,27)(H,28,30,31). The Kier molecular flexibility index (Phi) is 5.91. The molecule has 10 nitrogen and oxygen atoms in total. The van der Waals surface area contributed by atoms with Gasteiger partial charge in [0.25, 0.3) is 5.91 Å². The summed E-state index contributed by atoms with van der Waals surface area (Å²) in [6.07, 6.45) is 4.34. The number of fused-ring (bicyclic) bond motifs is 1. The first-order chi connectivity index (χ1) is 16.1. The summed E-state index contributed by atoms with van der Waals surface area (Å²) in [5, 5.41) is 8.93. The van der Waals surface area contributed by atoms with E-state index >= 15 is 0 Å². The van der Waals surface area contributed by atoms with Crippen LogP contribution in [0.3, 0.4) is 0 Å². The highest BCUT2D eigenvalue weighted by Crippen LogP contribution is 2.30. The second-order valence-electron chi connectivity index (χ2n) is 8.51. The van der Waals surface area contributed by atoms with Crippen LogP contribution >= 0.6 is 0 Å². The molecule has 2 aromatic rings. The van der Waals surface area contributed by atoms with Crippen molar-refractivity contribution in [2.75, 3.05) is 18.4 Å². The number of carbonyl (C=O) groups is 3. The van der Waals surface area contributed by atoms with Crippen LogP contribution in [0.1, 0.15) is 47.2 Å². The van der Waals surface area contributed by atoms with Crippen LogP contribution < -0.4 is 20.7 Å². The number of anilines is 1. The predicted octanol–water partition coefficient (Wildman–Crippen LogP) is 0.981. The van der Waals surface area contributed by atoms with Gasteiger partial charge in [0.15, 0.2) is 0 Å². The van der Waals surface area contributed by atoms with Gasteiger partial charge in [-0.3, -0.25) is 19.7 Å². The average molecular weight is 450 g/mol. The minimum absolute atomic E-state index is 0.0654. The van der Waals surface area contributed by atoms with E-state index < -0.39 is 11.9 Å². The van der Waals surface area contributed by atoms with E-state index in [4.69, 9.17) is 4.74 Å². The Balaban J connectivity index is 1.26. The number of carbonyl (C=O) groups excluding carboxylic acids is 3. The number of aromatic nitrogens is 2. The third-order valence-corrected chi connectivity index (χ3v) is 6.30. The molecule has 2 saturated heterocycles. The van der Waals surface area contributed by atoms with Gasteiger partial charge in [-0.15, -0.1) is 0 Å². The van der Waals surface area contributed by atoms with E-state index in [0.717, 1.165) is 37.1 Å². The molecule has 33 heavy (non-hydrogen) atoms. The van der Waals surface area contributed by atoms with Gasteiger partial charge >= 0.3 is 6.01 Å². The van der Waals surface area contributed by atoms with E-state index in [0.29, 0.717) is 36.9 Å². The first-order valence-electron chi connectivity index (χ1n) is 11.3. The maximum Gasteiger partial charge on any atom is 0.318 e. The zero-order chi connectivity index (χ0) is 22.8. The number of nitrogens with zero attached hydrogens (tertiary/aromatic N) is 3. The highest BCUT2D eigenvalue weighted by molar-refractivity contribution is 6.05. The van der Waals surface area contributed by atoms with Gasteiger partial charge in [-0.2, -0.15) is 4.98 Å². The Morgan fingerprint density at radius 3 is 2.91 bits per heavy atom. The van der Waals surface area contributed by atoms with Crippen molar-refractivity contribution in [2.24, 2.45) is 0 Å². The Morgan fingerprint density at radius 1 is 1.18 bits per heavy atom. The van der Waals surface area contributed by atoms with Crippen molar-refractivity contribution in [3.05, 3.63) is 47.2 Å². The summed E-state index contributed by atoms with van der Waals surface area (Å²) in [6.45, 7) is 2.59. The zero-order valence-electron chi connectivity index (χ0n) is 18.2. The maximum atomic E-state index is 13.0. The molecule has 3 aliphatic heterocycles. The SMILES string of the molecule is O=C1CCC(N2Cc3c(CNc4ccnc(OC5CCCNC5)n4)cccc3C2=O)C(=O)N1. The summed E-state index contributed by atoms with van der Waals surface area (Å²) >= 11 is 0.